The largest absolute Gasteiger partial charge is 0.296 e. The van der Waals surface area contributed by atoms with Crippen LogP contribution < -0.4 is 5.43 Å². The number of hydrogen-bond donors (Lipinski definition) is 1. The number of alkyl halides is 2. The Kier molecular flexibility index (Phi) is 3.94. The van der Waals surface area contributed by atoms with Crippen LogP contribution in [-0.4, -0.2) is 15.5 Å². The van der Waals surface area contributed by atoms with Crippen molar-refractivity contribution in [2.45, 2.75) is 25.4 Å². The van der Waals surface area contributed by atoms with Gasteiger partial charge in [-0.3, -0.25) is 10.1 Å². The van der Waals surface area contributed by atoms with Gasteiger partial charge in [0.25, 0.3) is 6.43 Å². The van der Waals surface area contributed by atoms with Gasteiger partial charge in [0.05, 0.1) is 23.4 Å². The number of allylic oxidation sites excluding steroid dienone is 1. The third-order valence-corrected chi connectivity index (χ3v) is 3.75. The van der Waals surface area contributed by atoms with E-state index in [4.69, 9.17) is 0 Å². The molecular formula is C16H15F3N4. The summed E-state index contributed by atoms with van der Waals surface area (Å²) >= 11 is 0. The standard InChI is InChI=1S/C16H15F3N4/c1-16(11-3-4-14(17)13(9-11)15(18)19)6-5-12(21-22-16)10-23-8-2-7-20-23/h2-9,15,22H,10H2,1H3. The summed E-state index contributed by atoms with van der Waals surface area (Å²) in [5.41, 5.74) is 2.85. The summed E-state index contributed by atoms with van der Waals surface area (Å²) in [5.74, 6) is -0.907. The van der Waals surface area contributed by atoms with Crippen molar-refractivity contribution in [3.63, 3.8) is 0 Å². The van der Waals surface area contributed by atoms with Crippen molar-refractivity contribution in [1.29, 1.82) is 0 Å². The molecule has 3 rings (SSSR count). The summed E-state index contributed by atoms with van der Waals surface area (Å²) in [6.07, 6.45) is 4.27. The molecule has 1 atom stereocenters. The number of aromatic nitrogens is 2. The molecule has 0 fully saturated rings. The topological polar surface area (TPSA) is 42.2 Å². The zero-order chi connectivity index (χ0) is 16.4. The monoisotopic (exact) mass is 320 g/mol. The van der Waals surface area contributed by atoms with E-state index in [0.717, 1.165) is 11.8 Å². The van der Waals surface area contributed by atoms with Crippen LogP contribution in [0.15, 0.2) is 53.9 Å². The van der Waals surface area contributed by atoms with Gasteiger partial charge in [0.2, 0.25) is 0 Å². The predicted octanol–water partition coefficient (Wildman–Crippen LogP) is 3.39. The molecule has 23 heavy (non-hydrogen) atoms. The van der Waals surface area contributed by atoms with Gasteiger partial charge in [-0.25, -0.2) is 13.2 Å². The number of nitrogens with one attached hydrogen (secondary N) is 1. The zero-order valence-corrected chi connectivity index (χ0v) is 12.4. The molecule has 2 aromatic rings. The highest BCUT2D eigenvalue weighted by Gasteiger charge is 2.27. The predicted molar refractivity (Wildman–Crippen MR) is 80.6 cm³/mol. The highest BCUT2D eigenvalue weighted by Crippen LogP contribution is 2.30. The molecule has 1 aromatic heterocycles. The second kappa shape index (κ2) is 5.91. The third kappa shape index (κ3) is 3.13. The van der Waals surface area contributed by atoms with Crippen LogP contribution in [0, 0.1) is 5.82 Å². The van der Waals surface area contributed by atoms with E-state index in [1.165, 1.54) is 12.1 Å². The number of hydrazone groups is 1. The van der Waals surface area contributed by atoms with Gasteiger partial charge in [-0.2, -0.15) is 10.2 Å². The van der Waals surface area contributed by atoms with Crippen LogP contribution in [0.4, 0.5) is 13.2 Å². The molecule has 7 heteroatoms. The Labute approximate surface area is 131 Å². The van der Waals surface area contributed by atoms with Crippen LogP contribution in [0.25, 0.3) is 0 Å². The summed E-state index contributed by atoms with van der Waals surface area (Å²) in [7, 11) is 0. The summed E-state index contributed by atoms with van der Waals surface area (Å²) in [6.45, 7) is 2.29. The summed E-state index contributed by atoms with van der Waals surface area (Å²) in [4.78, 5) is 0. The minimum absolute atomic E-state index is 0.498. The van der Waals surface area contributed by atoms with Crippen molar-refractivity contribution < 1.29 is 13.2 Å². The second-order valence-electron chi connectivity index (χ2n) is 5.49. The van der Waals surface area contributed by atoms with Crippen molar-refractivity contribution in [3.05, 3.63) is 65.8 Å². The lowest BCUT2D eigenvalue weighted by Crippen LogP contribution is -2.38. The van der Waals surface area contributed by atoms with Gasteiger partial charge in [0, 0.05) is 12.4 Å². The molecule has 1 aliphatic rings. The average Bonchev–Trinajstić information content (AvgIpc) is 3.03. The Morgan fingerprint density at radius 2 is 2.17 bits per heavy atom. The first kappa shape index (κ1) is 15.3. The van der Waals surface area contributed by atoms with Gasteiger partial charge in [-0.15, -0.1) is 0 Å². The molecular weight excluding hydrogens is 305 g/mol. The van der Waals surface area contributed by atoms with Crippen molar-refractivity contribution in [3.8, 4) is 0 Å². The van der Waals surface area contributed by atoms with Gasteiger partial charge in [-0.1, -0.05) is 12.1 Å². The van der Waals surface area contributed by atoms with E-state index in [9.17, 15) is 13.2 Å². The molecule has 0 bridgehead atoms. The van der Waals surface area contributed by atoms with Crippen molar-refractivity contribution in [2.75, 3.05) is 0 Å². The molecule has 1 unspecified atom stereocenters. The minimum Gasteiger partial charge on any atom is -0.296 e. The van der Waals surface area contributed by atoms with Crippen LogP contribution >= 0.6 is 0 Å². The first-order valence-electron chi connectivity index (χ1n) is 7.06. The number of nitrogens with zero attached hydrogens (tertiary/aromatic N) is 3. The summed E-state index contributed by atoms with van der Waals surface area (Å²) in [5, 5.41) is 8.36. The van der Waals surface area contributed by atoms with Crippen LogP contribution in [0.1, 0.15) is 24.5 Å². The van der Waals surface area contributed by atoms with Crippen molar-refractivity contribution in [1.82, 2.24) is 15.2 Å². The number of halogens is 3. The van der Waals surface area contributed by atoms with E-state index in [-0.39, 0.29) is 0 Å². The molecule has 1 aromatic carbocycles. The van der Waals surface area contributed by atoms with Gasteiger partial charge >= 0.3 is 0 Å². The molecule has 0 amide bonds. The average molecular weight is 320 g/mol. The van der Waals surface area contributed by atoms with Crippen LogP contribution in [0.3, 0.4) is 0 Å². The number of hydrogen-bond acceptors (Lipinski definition) is 3. The Morgan fingerprint density at radius 1 is 1.35 bits per heavy atom. The van der Waals surface area contributed by atoms with Gasteiger partial charge < -0.3 is 0 Å². The van der Waals surface area contributed by atoms with Crippen molar-refractivity contribution >= 4 is 5.71 Å². The first-order valence-corrected chi connectivity index (χ1v) is 7.06. The maximum atomic E-state index is 13.4. The lowest BCUT2D eigenvalue weighted by Gasteiger charge is -2.30. The fourth-order valence-corrected chi connectivity index (χ4v) is 2.37. The fraction of sp³-hybridized carbons (Fsp3) is 0.250. The smallest absolute Gasteiger partial charge is 0.266 e. The third-order valence-electron chi connectivity index (χ3n) is 3.75. The molecule has 0 spiro atoms. The Bertz CT molecular complexity index is 753. The number of rotatable bonds is 4. The first-order chi connectivity index (χ1) is 11.0. The van der Waals surface area contributed by atoms with Gasteiger partial charge in [-0.05, 0) is 36.8 Å². The van der Waals surface area contributed by atoms with Crippen LogP contribution in [0.2, 0.25) is 0 Å². The second-order valence-corrected chi connectivity index (χ2v) is 5.49. The Morgan fingerprint density at radius 3 is 2.78 bits per heavy atom. The highest BCUT2D eigenvalue weighted by molar-refractivity contribution is 5.95. The Balaban J connectivity index is 1.81. The van der Waals surface area contributed by atoms with E-state index in [0.29, 0.717) is 12.1 Å². The molecule has 0 radical (unpaired) electrons. The molecule has 1 N–H and O–H groups in total. The van der Waals surface area contributed by atoms with Gasteiger partial charge in [0.1, 0.15) is 5.82 Å². The molecule has 4 nitrogen and oxygen atoms in total. The van der Waals surface area contributed by atoms with E-state index < -0.39 is 23.3 Å². The zero-order valence-electron chi connectivity index (χ0n) is 12.4. The van der Waals surface area contributed by atoms with Crippen LogP contribution in [-0.2, 0) is 12.1 Å². The van der Waals surface area contributed by atoms with E-state index in [1.54, 1.807) is 17.8 Å². The van der Waals surface area contributed by atoms with E-state index >= 15 is 0 Å². The van der Waals surface area contributed by atoms with E-state index in [1.807, 2.05) is 24.4 Å². The van der Waals surface area contributed by atoms with Crippen molar-refractivity contribution in [2.24, 2.45) is 5.10 Å². The number of benzene rings is 1. The normalized spacial score (nSPS) is 20.5. The fourth-order valence-electron chi connectivity index (χ4n) is 2.37. The molecule has 1 aliphatic heterocycles. The minimum atomic E-state index is -2.86. The van der Waals surface area contributed by atoms with Gasteiger partial charge in [0.15, 0.2) is 0 Å². The molecule has 2 heterocycles. The summed E-state index contributed by atoms with van der Waals surface area (Å²) < 4.78 is 40.9. The SMILES string of the molecule is CC1(c2ccc(F)c(C(F)F)c2)C=CC(Cn2cccn2)=NN1. The van der Waals surface area contributed by atoms with E-state index in [2.05, 4.69) is 15.6 Å². The lowest BCUT2D eigenvalue weighted by molar-refractivity contribution is 0.146. The quantitative estimate of drug-likeness (QED) is 0.938. The molecule has 0 aliphatic carbocycles. The molecule has 0 saturated carbocycles. The molecule has 0 saturated heterocycles. The molecule has 120 valence electrons. The maximum absolute atomic E-state index is 13.4. The Hall–Kier alpha value is -2.57. The lowest BCUT2D eigenvalue weighted by atomic mass is 9.90. The van der Waals surface area contributed by atoms with Crippen LogP contribution in [0.5, 0.6) is 0 Å². The maximum Gasteiger partial charge on any atom is 0.266 e. The summed E-state index contributed by atoms with van der Waals surface area (Å²) in [6, 6.07) is 5.52. The highest BCUT2D eigenvalue weighted by atomic mass is 19.3.